The number of rotatable bonds is 5. The monoisotopic (exact) mass is 269 g/mol. The Labute approximate surface area is 116 Å². The van der Waals surface area contributed by atoms with Crippen molar-refractivity contribution < 1.29 is 14.7 Å². The van der Waals surface area contributed by atoms with Crippen LogP contribution >= 0.6 is 0 Å². The molecule has 0 radical (unpaired) electrons. The number of carbonyl (C=O) groups is 2. The van der Waals surface area contributed by atoms with Crippen molar-refractivity contribution in [2.75, 3.05) is 6.54 Å². The zero-order valence-corrected chi connectivity index (χ0v) is 12.6. The van der Waals surface area contributed by atoms with Gasteiger partial charge < -0.3 is 10.0 Å². The van der Waals surface area contributed by atoms with Gasteiger partial charge in [-0.05, 0) is 31.1 Å². The lowest BCUT2D eigenvalue weighted by Crippen LogP contribution is -2.63. The molecule has 2 atom stereocenters. The molecule has 0 aromatic heterocycles. The lowest BCUT2D eigenvalue weighted by molar-refractivity contribution is -0.168. The predicted octanol–water partition coefficient (Wildman–Crippen LogP) is 2.91. The van der Waals surface area contributed by atoms with Crippen LogP contribution in [-0.4, -0.2) is 34.0 Å². The van der Waals surface area contributed by atoms with Crippen LogP contribution in [0.15, 0.2) is 0 Å². The molecule has 1 rings (SSSR count). The Kier molecular flexibility index (Phi) is 5.39. The molecule has 0 saturated heterocycles. The van der Waals surface area contributed by atoms with E-state index in [1.807, 2.05) is 6.92 Å². The third-order valence-electron chi connectivity index (χ3n) is 4.42. The number of carboxylic acid groups (broad SMARTS) is 1. The molecule has 2 unspecified atom stereocenters. The summed E-state index contributed by atoms with van der Waals surface area (Å²) in [6.45, 7) is 8.14. The fourth-order valence-corrected chi connectivity index (χ4v) is 3.65. The summed E-state index contributed by atoms with van der Waals surface area (Å²) in [5.74, 6) is -0.615. The second-order valence-corrected chi connectivity index (χ2v) is 6.00. The number of amides is 1. The van der Waals surface area contributed by atoms with Crippen LogP contribution in [0, 0.1) is 11.8 Å². The Bertz CT molecular complexity index is 340. The first-order valence-electron chi connectivity index (χ1n) is 7.39. The Morgan fingerprint density at radius 1 is 1.37 bits per heavy atom. The highest BCUT2D eigenvalue weighted by molar-refractivity contribution is 5.86. The molecule has 0 aromatic carbocycles. The van der Waals surface area contributed by atoms with Crippen LogP contribution in [-0.2, 0) is 9.59 Å². The van der Waals surface area contributed by atoms with E-state index in [9.17, 15) is 14.7 Å². The van der Waals surface area contributed by atoms with Crippen molar-refractivity contribution in [3.05, 3.63) is 0 Å². The number of nitrogens with zero attached hydrogens (tertiary/aromatic N) is 1. The molecule has 0 aromatic rings. The summed E-state index contributed by atoms with van der Waals surface area (Å²) in [7, 11) is 0. The molecule has 0 aliphatic heterocycles. The summed E-state index contributed by atoms with van der Waals surface area (Å²) in [5, 5.41) is 9.86. The van der Waals surface area contributed by atoms with Gasteiger partial charge in [-0.3, -0.25) is 4.79 Å². The average Bonchev–Trinajstić information content (AvgIpc) is 2.35. The Hall–Kier alpha value is -1.06. The van der Waals surface area contributed by atoms with Crippen molar-refractivity contribution in [1.29, 1.82) is 0 Å². The fourth-order valence-electron chi connectivity index (χ4n) is 3.65. The van der Waals surface area contributed by atoms with Gasteiger partial charge >= 0.3 is 5.97 Å². The van der Waals surface area contributed by atoms with Gasteiger partial charge in [0.25, 0.3) is 0 Å². The maximum Gasteiger partial charge on any atom is 0.329 e. The van der Waals surface area contributed by atoms with Gasteiger partial charge in [0.15, 0.2) is 0 Å². The Balaban J connectivity index is 3.25. The molecule has 1 aliphatic carbocycles. The van der Waals surface area contributed by atoms with Crippen LogP contribution < -0.4 is 0 Å². The molecule has 1 aliphatic rings. The van der Waals surface area contributed by atoms with Crippen LogP contribution in [0.4, 0.5) is 0 Å². The van der Waals surface area contributed by atoms with E-state index in [1.54, 1.807) is 4.90 Å². The summed E-state index contributed by atoms with van der Waals surface area (Å²) >= 11 is 0. The number of hydrogen-bond donors (Lipinski definition) is 1. The molecule has 0 heterocycles. The third-order valence-corrected chi connectivity index (χ3v) is 4.42. The van der Waals surface area contributed by atoms with Crippen molar-refractivity contribution in [3.8, 4) is 0 Å². The fraction of sp³-hybridized carbons (Fsp3) is 0.867. The molecule has 4 nitrogen and oxygen atoms in total. The summed E-state index contributed by atoms with van der Waals surface area (Å²) in [6.07, 6.45) is 4.24. The van der Waals surface area contributed by atoms with Crippen LogP contribution in [0.2, 0.25) is 0 Å². The molecular formula is C15H27NO3. The highest BCUT2D eigenvalue weighted by atomic mass is 16.4. The molecular weight excluding hydrogens is 242 g/mol. The molecule has 1 saturated carbocycles. The molecule has 1 N–H and O–H groups in total. The van der Waals surface area contributed by atoms with Gasteiger partial charge in [0.2, 0.25) is 5.91 Å². The van der Waals surface area contributed by atoms with Gasteiger partial charge in [0.05, 0.1) is 0 Å². The van der Waals surface area contributed by atoms with E-state index in [0.29, 0.717) is 13.0 Å². The van der Waals surface area contributed by atoms with Crippen LogP contribution in [0.5, 0.6) is 0 Å². The first-order valence-corrected chi connectivity index (χ1v) is 7.39. The van der Waals surface area contributed by atoms with Crippen LogP contribution in [0.1, 0.15) is 59.8 Å². The quantitative estimate of drug-likeness (QED) is 0.835. The Morgan fingerprint density at radius 3 is 2.42 bits per heavy atom. The van der Waals surface area contributed by atoms with Crippen molar-refractivity contribution in [1.82, 2.24) is 4.90 Å². The highest BCUT2D eigenvalue weighted by Crippen LogP contribution is 2.43. The topological polar surface area (TPSA) is 57.6 Å². The second kappa shape index (κ2) is 6.40. The van der Waals surface area contributed by atoms with Crippen LogP contribution in [0.25, 0.3) is 0 Å². The van der Waals surface area contributed by atoms with E-state index >= 15 is 0 Å². The summed E-state index contributed by atoms with van der Waals surface area (Å²) in [6, 6.07) is 0. The van der Waals surface area contributed by atoms with Gasteiger partial charge in [0, 0.05) is 13.5 Å². The molecule has 4 heteroatoms. The standard InChI is InChI=1S/C15H27NO3/c1-5-10-16(12(4)17)15(14(18)19)9-7-6-8-13(15)11(2)3/h11,13H,5-10H2,1-4H3,(H,18,19). The molecule has 0 spiro atoms. The van der Waals surface area contributed by atoms with Crippen molar-refractivity contribution in [2.45, 2.75) is 65.3 Å². The number of hydrogen-bond acceptors (Lipinski definition) is 2. The molecule has 0 bridgehead atoms. The lowest BCUT2D eigenvalue weighted by Gasteiger charge is -2.49. The van der Waals surface area contributed by atoms with Crippen molar-refractivity contribution >= 4 is 11.9 Å². The van der Waals surface area contributed by atoms with Gasteiger partial charge in [-0.2, -0.15) is 0 Å². The average molecular weight is 269 g/mol. The zero-order chi connectivity index (χ0) is 14.6. The van der Waals surface area contributed by atoms with E-state index in [1.165, 1.54) is 6.92 Å². The van der Waals surface area contributed by atoms with E-state index < -0.39 is 11.5 Å². The largest absolute Gasteiger partial charge is 0.479 e. The first kappa shape index (κ1) is 16.0. The number of carboxylic acids is 1. The normalized spacial score (nSPS) is 27.3. The zero-order valence-electron chi connectivity index (χ0n) is 12.6. The number of aliphatic carboxylic acids is 1. The predicted molar refractivity (Wildman–Crippen MR) is 74.8 cm³/mol. The lowest BCUT2D eigenvalue weighted by atomic mass is 9.66. The minimum absolute atomic E-state index is 0.0502. The van der Waals surface area contributed by atoms with Gasteiger partial charge in [-0.25, -0.2) is 4.79 Å². The molecule has 1 fully saturated rings. The first-order chi connectivity index (χ1) is 8.87. The summed E-state index contributed by atoms with van der Waals surface area (Å²) < 4.78 is 0. The van der Waals surface area contributed by atoms with E-state index in [4.69, 9.17) is 0 Å². The summed E-state index contributed by atoms with van der Waals surface area (Å²) in [5.41, 5.74) is -0.992. The maximum absolute atomic E-state index is 12.0. The van der Waals surface area contributed by atoms with Crippen LogP contribution in [0.3, 0.4) is 0 Å². The third kappa shape index (κ3) is 2.93. The van der Waals surface area contributed by atoms with Crippen molar-refractivity contribution in [2.24, 2.45) is 11.8 Å². The SMILES string of the molecule is CCCN(C(C)=O)C1(C(=O)O)CCCCC1C(C)C. The van der Waals surface area contributed by atoms with Gasteiger partial charge in [-0.15, -0.1) is 0 Å². The minimum Gasteiger partial charge on any atom is -0.479 e. The van der Waals surface area contributed by atoms with Crippen molar-refractivity contribution in [3.63, 3.8) is 0 Å². The smallest absolute Gasteiger partial charge is 0.329 e. The van der Waals surface area contributed by atoms with Gasteiger partial charge in [-0.1, -0.05) is 33.6 Å². The van der Waals surface area contributed by atoms with E-state index in [0.717, 1.165) is 25.7 Å². The van der Waals surface area contributed by atoms with E-state index in [-0.39, 0.29) is 17.7 Å². The molecule has 110 valence electrons. The number of carbonyl (C=O) groups excluding carboxylic acids is 1. The maximum atomic E-state index is 12.0. The molecule has 1 amide bonds. The minimum atomic E-state index is -0.992. The highest BCUT2D eigenvalue weighted by Gasteiger charge is 2.53. The molecule has 19 heavy (non-hydrogen) atoms. The second-order valence-electron chi connectivity index (χ2n) is 6.00. The summed E-state index contributed by atoms with van der Waals surface area (Å²) in [4.78, 5) is 25.6. The van der Waals surface area contributed by atoms with E-state index in [2.05, 4.69) is 13.8 Å². The van der Waals surface area contributed by atoms with Gasteiger partial charge in [0.1, 0.15) is 5.54 Å². The Morgan fingerprint density at radius 2 is 2.00 bits per heavy atom.